The lowest BCUT2D eigenvalue weighted by molar-refractivity contribution is 0.102. The zero-order valence-corrected chi connectivity index (χ0v) is 19.9. The normalized spacial score (nSPS) is 11.4. The summed E-state index contributed by atoms with van der Waals surface area (Å²) in [5.74, 6) is 1.53. The van der Waals surface area contributed by atoms with Crippen LogP contribution in [0.25, 0.3) is 0 Å². The Balaban J connectivity index is 1.98. The summed E-state index contributed by atoms with van der Waals surface area (Å²) in [5, 5.41) is 2.76. The van der Waals surface area contributed by atoms with Crippen LogP contribution in [-0.4, -0.2) is 38.3 Å². The second kappa shape index (κ2) is 10.5. The summed E-state index contributed by atoms with van der Waals surface area (Å²) >= 11 is 0. The van der Waals surface area contributed by atoms with Gasteiger partial charge in [-0.2, -0.15) is 4.31 Å². The first kappa shape index (κ1) is 24.3. The maximum absolute atomic E-state index is 13.0. The molecular formula is C24H28N2O6S. The van der Waals surface area contributed by atoms with Gasteiger partial charge in [-0.15, -0.1) is 0 Å². The molecule has 0 atom stereocenters. The van der Waals surface area contributed by atoms with Crippen LogP contribution in [0.1, 0.15) is 36.9 Å². The highest BCUT2D eigenvalue weighted by Crippen LogP contribution is 2.34. The lowest BCUT2D eigenvalue weighted by Gasteiger charge is -2.20. The van der Waals surface area contributed by atoms with Gasteiger partial charge < -0.3 is 19.2 Å². The third kappa shape index (κ3) is 5.55. The average molecular weight is 473 g/mol. The van der Waals surface area contributed by atoms with Crippen molar-refractivity contribution in [3.05, 3.63) is 66.1 Å². The summed E-state index contributed by atoms with van der Waals surface area (Å²) in [6.45, 7) is 8.33. The maximum atomic E-state index is 13.0. The molecule has 1 heterocycles. The number of rotatable bonds is 10. The standard InChI is InChI=1S/C24H28N2O6S/c1-5-26(6-2)33(28,29)20-12-13-23(32-19-10-8-18(9-11-19)30-7-3)22(16-20)25-24(27)21-14-15-31-17(21)4/h8-16H,5-7H2,1-4H3,(H,25,27). The van der Waals surface area contributed by atoms with Crippen molar-refractivity contribution >= 4 is 21.6 Å². The Morgan fingerprint density at radius 1 is 1.00 bits per heavy atom. The summed E-state index contributed by atoms with van der Waals surface area (Å²) in [7, 11) is -3.73. The van der Waals surface area contributed by atoms with E-state index in [9.17, 15) is 13.2 Å². The molecule has 8 nitrogen and oxygen atoms in total. The SMILES string of the molecule is CCOc1ccc(Oc2ccc(S(=O)(=O)N(CC)CC)cc2NC(=O)c2ccoc2C)cc1. The number of benzene rings is 2. The number of carbonyl (C=O) groups is 1. The molecule has 3 rings (SSSR count). The van der Waals surface area contributed by atoms with E-state index in [1.54, 1.807) is 51.1 Å². The summed E-state index contributed by atoms with van der Waals surface area (Å²) in [4.78, 5) is 12.9. The van der Waals surface area contributed by atoms with Crippen LogP contribution in [0.4, 0.5) is 5.69 Å². The number of nitrogens with zero attached hydrogens (tertiary/aromatic N) is 1. The number of hydrogen-bond acceptors (Lipinski definition) is 6. The van der Waals surface area contributed by atoms with E-state index in [0.717, 1.165) is 0 Å². The summed E-state index contributed by atoms with van der Waals surface area (Å²) in [6, 6.07) is 13.0. The number of sulfonamides is 1. The molecular weight excluding hydrogens is 444 g/mol. The molecule has 1 aromatic heterocycles. The van der Waals surface area contributed by atoms with Gasteiger partial charge in [0.2, 0.25) is 10.0 Å². The van der Waals surface area contributed by atoms with E-state index in [-0.39, 0.29) is 10.6 Å². The number of anilines is 1. The van der Waals surface area contributed by atoms with Gasteiger partial charge in [0.15, 0.2) is 5.75 Å². The highest BCUT2D eigenvalue weighted by molar-refractivity contribution is 7.89. The Kier molecular flexibility index (Phi) is 7.78. The minimum atomic E-state index is -3.73. The quantitative estimate of drug-likeness (QED) is 0.443. The second-order valence-electron chi connectivity index (χ2n) is 7.10. The van der Waals surface area contributed by atoms with Crippen molar-refractivity contribution in [2.75, 3.05) is 25.0 Å². The molecule has 0 aliphatic rings. The Bertz CT molecular complexity index is 1200. The topological polar surface area (TPSA) is 98.1 Å². The molecule has 176 valence electrons. The minimum absolute atomic E-state index is 0.0597. The lowest BCUT2D eigenvalue weighted by atomic mass is 10.2. The Hall–Kier alpha value is -3.30. The molecule has 0 spiro atoms. The fourth-order valence-corrected chi connectivity index (χ4v) is 4.76. The molecule has 33 heavy (non-hydrogen) atoms. The molecule has 0 saturated carbocycles. The molecule has 1 amide bonds. The van der Waals surface area contributed by atoms with Gasteiger partial charge >= 0.3 is 0 Å². The van der Waals surface area contributed by atoms with E-state index >= 15 is 0 Å². The van der Waals surface area contributed by atoms with E-state index < -0.39 is 15.9 Å². The Labute approximate surface area is 194 Å². The number of aryl methyl sites for hydroxylation is 1. The lowest BCUT2D eigenvalue weighted by Crippen LogP contribution is -2.30. The van der Waals surface area contributed by atoms with Gasteiger partial charge in [-0.05, 0) is 62.4 Å². The number of carbonyl (C=O) groups excluding carboxylic acids is 1. The zero-order chi connectivity index (χ0) is 24.0. The summed E-state index contributed by atoms with van der Waals surface area (Å²) in [6.07, 6.45) is 1.42. The van der Waals surface area contributed by atoms with E-state index in [0.29, 0.717) is 48.3 Å². The molecule has 0 fully saturated rings. The molecule has 0 saturated heterocycles. The Morgan fingerprint density at radius 2 is 1.67 bits per heavy atom. The van der Waals surface area contributed by atoms with Crippen LogP contribution in [-0.2, 0) is 10.0 Å². The van der Waals surface area contributed by atoms with Crippen LogP contribution in [0.15, 0.2) is 64.1 Å². The number of amides is 1. The van der Waals surface area contributed by atoms with Crippen molar-refractivity contribution in [1.82, 2.24) is 4.31 Å². The molecule has 3 aromatic rings. The van der Waals surface area contributed by atoms with E-state index in [1.165, 1.54) is 28.8 Å². The maximum Gasteiger partial charge on any atom is 0.259 e. The molecule has 0 unspecified atom stereocenters. The van der Waals surface area contributed by atoms with Crippen molar-refractivity contribution in [1.29, 1.82) is 0 Å². The smallest absolute Gasteiger partial charge is 0.259 e. The van der Waals surface area contributed by atoms with Crippen LogP contribution in [0.2, 0.25) is 0 Å². The molecule has 2 aromatic carbocycles. The highest BCUT2D eigenvalue weighted by Gasteiger charge is 2.24. The van der Waals surface area contributed by atoms with E-state index in [1.807, 2.05) is 6.92 Å². The number of furan rings is 1. The fraction of sp³-hybridized carbons (Fsp3) is 0.292. The van der Waals surface area contributed by atoms with Gasteiger partial charge in [-0.3, -0.25) is 4.79 Å². The number of nitrogens with one attached hydrogen (secondary N) is 1. The Morgan fingerprint density at radius 3 is 2.24 bits per heavy atom. The van der Waals surface area contributed by atoms with Crippen LogP contribution in [0.5, 0.6) is 17.2 Å². The molecule has 0 aliphatic carbocycles. The first-order chi connectivity index (χ1) is 15.8. The van der Waals surface area contributed by atoms with Gasteiger partial charge in [-0.1, -0.05) is 13.8 Å². The third-order valence-electron chi connectivity index (χ3n) is 5.01. The van der Waals surface area contributed by atoms with Gasteiger partial charge in [0.25, 0.3) is 5.91 Å². The van der Waals surface area contributed by atoms with Crippen molar-refractivity contribution in [3.8, 4) is 17.2 Å². The number of ether oxygens (including phenoxy) is 2. The van der Waals surface area contributed by atoms with Crippen LogP contribution in [0, 0.1) is 6.92 Å². The molecule has 0 radical (unpaired) electrons. The first-order valence-electron chi connectivity index (χ1n) is 10.7. The minimum Gasteiger partial charge on any atom is -0.494 e. The van der Waals surface area contributed by atoms with Crippen LogP contribution >= 0.6 is 0 Å². The summed E-state index contributed by atoms with van der Waals surface area (Å²) in [5.41, 5.74) is 0.571. The molecule has 9 heteroatoms. The van der Waals surface area contributed by atoms with Crippen molar-refractivity contribution in [2.45, 2.75) is 32.6 Å². The highest BCUT2D eigenvalue weighted by atomic mass is 32.2. The third-order valence-corrected chi connectivity index (χ3v) is 7.05. The number of hydrogen-bond donors (Lipinski definition) is 1. The molecule has 1 N–H and O–H groups in total. The van der Waals surface area contributed by atoms with Gasteiger partial charge in [0.05, 0.1) is 29.0 Å². The van der Waals surface area contributed by atoms with Gasteiger partial charge in [-0.25, -0.2) is 8.42 Å². The monoisotopic (exact) mass is 472 g/mol. The summed E-state index contributed by atoms with van der Waals surface area (Å²) < 4.78 is 44.0. The fourth-order valence-electron chi connectivity index (χ4n) is 3.28. The average Bonchev–Trinajstić information content (AvgIpc) is 3.23. The largest absolute Gasteiger partial charge is 0.494 e. The predicted molar refractivity (Wildman–Crippen MR) is 126 cm³/mol. The van der Waals surface area contributed by atoms with Crippen LogP contribution < -0.4 is 14.8 Å². The molecule has 0 bridgehead atoms. The first-order valence-corrected chi connectivity index (χ1v) is 12.1. The van der Waals surface area contributed by atoms with Crippen molar-refractivity contribution < 1.29 is 27.1 Å². The van der Waals surface area contributed by atoms with Gasteiger partial charge in [0, 0.05) is 13.1 Å². The van der Waals surface area contributed by atoms with Crippen molar-refractivity contribution in [3.63, 3.8) is 0 Å². The second-order valence-corrected chi connectivity index (χ2v) is 9.04. The predicted octanol–water partition coefficient (Wildman–Crippen LogP) is 5.06. The molecule has 0 aliphatic heterocycles. The van der Waals surface area contributed by atoms with Crippen molar-refractivity contribution in [2.24, 2.45) is 0 Å². The van der Waals surface area contributed by atoms with Crippen LogP contribution in [0.3, 0.4) is 0 Å². The van der Waals surface area contributed by atoms with E-state index in [2.05, 4.69) is 5.32 Å². The van der Waals surface area contributed by atoms with Gasteiger partial charge in [0.1, 0.15) is 17.3 Å². The zero-order valence-electron chi connectivity index (χ0n) is 19.1. The van der Waals surface area contributed by atoms with E-state index in [4.69, 9.17) is 13.9 Å².